The summed E-state index contributed by atoms with van der Waals surface area (Å²) in [6, 6.07) is 0.560. The molecule has 1 aromatic rings. The first-order chi connectivity index (χ1) is 10.4. The van der Waals surface area contributed by atoms with Crippen LogP contribution in [0.3, 0.4) is 0 Å². The minimum absolute atomic E-state index is 0.0926. The van der Waals surface area contributed by atoms with Crippen molar-refractivity contribution in [2.75, 3.05) is 26.2 Å². The van der Waals surface area contributed by atoms with Crippen molar-refractivity contribution in [3.05, 3.63) is 17.5 Å². The van der Waals surface area contributed by atoms with Gasteiger partial charge < -0.3 is 4.90 Å². The summed E-state index contributed by atoms with van der Waals surface area (Å²) < 4.78 is 1.96. The fourth-order valence-corrected chi connectivity index (χ4v) is 3.81. The van der Waals surface area contributed by atoms with Gasteiger partial charge >= 0.3 is 0 Å². The molecule has 0 bridgehead atoms. The molecule has 1 atom stereocenters. The van der Waals surface area contributed by atoms with Crippen LogP contribution in [0.2, 0.25) is 0 Å². The fraction of sp³-hybridized carbons (Fsp3) is 0.765. The third-order valence-corrected chi connectivity index (χ3v) is 5.00. The Kier molecular flexibility index (Phi) is 4.02. The SMILES string of the molecule is Cc1c(C(=O)N2CCN3CCCC[C@@H]3C2)cnn1C(C)(C)C. The van der Waals surface area contributed by atoms with Crippen molar-refractivity contribution in [2.24, 2.45) is 0 Å². The molecule has 22 heavy (non-hydrogen) atoms. The molecular formula is C17H28N4O. The van der Waals surface area contributed by atoms with Gasteiger partial charge in [-0.3, -0.25) is 14.4 Å². The average Bonchev–Trinajstić information content (AvgIpc) is 2.87. The van der Waals surface area contributed by atoms with Crippen LogP contribution in [0.15, 0.2) is 6.20 Å². The van der Waals surface area contributed by atoms with Gasteiger partial charge in [-0.1, -0.05) is 6.42 Å². The van der Waals surface area contributed by atoms with Crippen molar-refractivity contribution < 1.29 is 4.79 Å². The number of hydrogen-bond acceptors (Lipinski definition) is 3. The molecule has 1 aromatic heterocycles. The van der Waals surface area contributed by atoms with Crippen molar-refractivity contribution in [3.8, 4) is 0 Å². The van der Waals surface area contributed by atoms with Crippen LogP contribution in [0.25, 0.3) is 0 Å². The Morgan fingerprint density at radius 1 is 1.23 bits per heavy atom. The molecule has 5 nitrogen and oxygen atoms in total. The summed E-state index contributed by atoms with van der Waals surface area (Å²) in [7, 11) is 0. The van der Waals surface area contributed by atoms with E-state index in [1.807, 2.05) is 16.5 Å². The highest BCUT2D eigenvalue weighted by Gasteiger charge is 2.32. The maximum absolute atomic E-state index is 12.9. The summed E-state index contributed by atoms with van der Waals surface area (Å²) in [6.45, 7) is 12.3. The number of carbonyl (C=O) groups excluding carboxylic acids is 1. The first-order valence-corrected chi connectivity index (χ1v) is 8.46. The molecule has 3 rings (SSSR count). The molecular weight excluding hydrogens is 276 g/mol. The molecule has 0 saturated carbocycles. The molecule has 0 radical (unpaired) electrons. The predicted octanol–water partition coefficient (Wildman–Crippen LogP) is 2.26. The van der Waals surface area contributed by atoms with Gasteiger partial charge in [0.1, 0.15) is 0 Å². The first-order valence-electron chi connectivity index (χ1n) is 8.46. The number of rotatable bonds is 1. The van der Waals surface area contributed by atoms with Gasteiger partial charge in [0.05, 0.1) is 17.3 Å². The molecule has 2 aliphatic heterocycles. The summed E-state index contributed by atoms with van der Waals surface area (Å²) >= 11 is 0. The van der Waals surface area contributed by atoms with Gasteiger partial charge in [0.25, 0.3) is 5.91 Å². The van der Waals surface area contributed by atoms with Gasteiger partial charge in [-0.05, 0) is 47.1 Å². The molecule has 0 unspecified atom stereocenters. The van der Waals surface area contributed by atoms with Gasteiger partial charge in [0, 0.05) is 31.4 Å². The van der Waals surface area contributed by atoms with Crippen LogP contribution in [0.4, 0.5) is 0 Å². The topological polar surface area (TPSA) is 41.4 Å². The minimum atomic E-state index is -0.0926. The largest absolute Gasteiger partial charge is 0.336 e. The lowest BCUT2D eigenvalue weighted by molar-refractivity contribution is 0.0372. The molecule has 1 amide bonds. The van der Waals surface area contributed by atoms with E-state index in [-0.39, 0.29) is 11.4 Å². The van der Waals surface area contributed by atoms with Crippen LogP contribution in [-0.4, -0.2) is 57.7 Å². The van der Waals surface area contributed by atoms with Gasteiger partial charge in [0.2, 0.25) is 0 Å². The van der Waals surface area contributed by atoms with E-state index in [0.717, 1.165) is 30.9 Å². The number of nitrogens with zero attached hydrogens (tertiary/aromatic N) is 4. The summed E-state index contributed by atoms with van der Waals surface area (Å²) in [5.74, 6) is 0.151. The molecule has 0 aliphatic carbocycles. The number of piperazine rings is 1. The highest BCUT2D eigenvalue weighted by atomic mass is 16.2. The Balaban J connectivity index is 1.76. The van der Waals surface area contributed by atoms with E-state index in [2.05, 4.69) is 30.8 Å². The third-order valence-electron chi connectivity index (χ3n) is 5.00. The molecule has 0 N–H and O–H groups in total. The maximum atomic E-state index is 12.9. The summed E-state index contributed by atoms with van der Waals surface area (Å²) in [6.07, 6.45) is 5.58. The van der Waals surface area contributed by atoms with Gasteiger partial charge in [-0.15, -0.1) is 0 Å². The van der Waals surface area contributed by atoms with Crippen LogP contribution >= 0.6 is 0 Å². The Hall–Kier alpha value is -1.36. The Bertz CT molecular complexity index is 557. The number of piperidine rings is 1. The van der Waals surface area contributed by atoms with Gasteiger partial charge in [-0.2, -0.15) is 5.10 Å². The van der Waals surface area contributed by atoms with Crippen LogP contribution < -0.4 is 0 Å². The second kappa shape index (κ2) is 5.69. The number of aromatic nitrogens is 2. The van der Waals surface area contributed by atoms with Crippen molar-refractivity contribution in [2.45, 2.75) is 58.5 Å². The summed E-state index contributed by atoms with van der Waals surface area (Å²) in [4.78, 5) is 17.5. The monoisotopic (exact) mass is 304 g/mol. The second-order valence-corrected chi connectivity index (χ2v) is 7.66. The Labute approximate surface area is 133 Å². The predicted molar refractivity (Wildman–Crippen MR) is 87.1 cm³/mol. The fourth-order valence-electron chi connectivity index (χ4n) is 3.81. The zero-order valence-corrected chi connectivity index (χ0v) is 14.3. The zero-order chi connectivity index (χ0) is 15.9. The van der Waals surface area contributed by atoms with Crippen LogP contribution in [0.1, 0.15) is 56.1 Å². The van der Waals surface area contributed by atoms with E-state index >= 15 is 0 Å². The minimum Gasteiger partial charge on any atom is -0.336 e. The van der Waals surface area contributed by atoms with E-state index in [1.165, 1.54) is 25.8 Å². The van der Waals surface area contributed by atoms with Crippen molar-refractivity contribution in [1.82, 2.24) is 19.6 Å². The average molecular weight is 304 g/mol. The number of carbonyl (C=O) groups is 1. The normalized spacial score (nSPS) is 23.5. The van der Waals surface area contributed by atoms with E-state index in [1.54, 1.807) is 6.20 Å². The first kappa shape index (κ1) is 15.5. The molecule has 0 spiro atoms. The summed E-state index contributed by atoms with van der Waals surface area (Å²) in [5, 5.41) is 4.44. The van der Waals surface area contributed by atoms with Crippen molar-refractivity contribution >= 4 is 5.91 Å². The number of fused-ring (bicyclic) bond motifs is 1. The zero-order valence-electron chi connectivity index (χ0n) is 14.3. The van der Waals surface area contributed by atoms with E-state index in [4.69, 9.17) is 0 Å². The Morgan fingerprint density at radius 3 is 2.68 bits per heavy atom. The lowest BCUT2D eigenvalue weighted by atomic mass is 9.99. The third kappa shape index (κ3) is 2.78. The molecule has 122 valence electrons. The quantitative estimate of drug-likeness (QED) is 0.799. The van der Waals surface area contributed by atoms with Crippen molar-refractivity contribution in [1.29, 1.82) is 0 Å². The van der Waals surface area contributed by atoms with Gasteiger partial charge in [0.15, 0.2) is 0 Å². The standard InChI is InChI=1S/C17H28N4O/c1-13-15(11-18-21(13)17(2,3)4)16(22)20-10-9-19-8-6-5-7-14(19)12-20/h11,14H,5-10,12H2,1-4H3/t14-/m1/s1. The summed E-state index contributed by atoms with van der Waals surface area (Å²) in [5.41, 5.74) is 1.65. The second-order valence-electron chi connectivity index (χ2n) is 7.66. The molecule has 2 saturated heterocycles. The number of hydrogen-bond donors (Lipinski definition) is 0. The van der Waals surface area contributed by atoms with E-state index in [9.17, 15) is 4.79 Å². The van der Waals surface area contributed by atoms with Crippen LogP contribution in [0.5, 0.6) is 0 Å². The van der Waals surface area contributed by atoms with Gasteiger partial charge in [-0.25, -0.2) is 0 Å². The molecule has 2 fully saturated rings. The molecule has 2 aliphatic rings. The van der Waals surface area contributed by atoms with E-state index < -0.39 is 0 Å². The maximum Gasteiger partial charge on any atom is 0.257 e. The molecule has 3 heterocycles. The van der Waals surface area contributed by atoms with E-state index in [0.29, 0.717) is 6.04 Å². The lowest BCUT2D eigenvalue weighted by Gasteiger charge is -2.44. The number of amides is 1. The Morgan fingerprint density at radius 2 is 2.00 bits per heavy atom. The highest BCUT2D eigenvalue weighted by molar-refractivity contribution is 5.95. The van der Waals surface area contributed by atoms with Crippen LogP contribution in [0, 0.1) is 6.92 Å². The smallest absolute Gasteiger partial charge is 0.257 e. The van der Waals surface area contributed by atoms with Crippen LogP contribution in [-0.2, 0) is 5.54 Å². The molecule has 0 aromatic carbocycles. The lowest BCUT2D eigenvalue weighted by Crippen LogP contribution is -2.56. The van der Waals surface area contributed by atoms with Crippen molar-refractivity contribution in [3.63, 3.8) is 0 Å². The highest BCUT2D eigenvalue weighted by Crippen LogP contribution is 2.24. The molecule has 5 heteroatoms.